The molecule has 160 valence electrons. The number of hydrogen-bond donors (Lipinski definition) is 2. The molecule has 0 amide bonds. The van der Waals surface area contributed by atoms with E-state index < -0.39 is 12.1 Å². The first-order valence-corrected chi connectivity index (χ1v) is 9.13. The lowest BCUT2D eigenvalue weighted by atomic mass is 9.96. The van der Waals surface area contributed by atoms with Crippen molar-refractivity contribution in [3.05, 3.63) is 42.4 Å². The molecule has 2 aromatic heterocycles. The summed E-state index contributed by atoms with van der Waals surface area (Å²) in [5.41, 5.74) is 2.26. The monoisotopic (exact) mass is 423 g/mol. The van der Waals surface area contributed by atoms with Crippen LogP contribution in [-0.2, 0) is 11.8 Å². The maximum atomic E-state index is 10.6. The second kappa shape index (κ2) is 8.93. The van der Waals surface area contributed by atoms with Gasteiger partial charge in [0.25, 0.3) is 0 Å². The molecule has 4 rings (SSSR count). The van der Waals surface area contributed by atoms with E-state index in [-0.39, 0.29) is 0 Å². The predicted octanol–water partition coefficient (Wildman–Crippen LogP) is 2.62. The number of anilines is 1. The molecule has 2 N–H and O–H groups in total. The van der Waals surface area contributed by atoms with Crippen LogP contribution < -0.4 is 4.90 Å². The predicted molar refractivity (Wildman–Crippen MR) is 101 cm³/mol. The number of imidazole rings is 1. The van der Waals surface area contributed by atoms with E-state index in [1.165, 1.54) is 5.56 Å². The van der Waals surface area contributed by atoms with E-state index in [4.69, 9.17) is 9.90 Å². The lowest BCUT2D eigenvalue weighted by molar-refractivity contribution is -0.192. The van der Waals surface area contributed by atoms with Crippen molar-refractivity contribution < 1.29 is 23.1 Å². The highest BCUT2D eigenvalue weighted by atomic mass is 19.4. The number of benzene rings is 1. The molecule has 0 spiro atoms. The Kier molecular flexibility index (Phi) is 6.33. The van der Waals surface area contributed by atoms with Crippen molar-refractivity contribution >= 4 is 11.9 Å². The Balaban J connectivity index is 0.000000318. The maximum absolute atomic E-state index is 10.6. The van der Waals surface area contributed by atoms with Gasteiger partial charge in [-0.3, -0.25) is 0 Å². The van der Waals surface area contributed by atoms with E-state index in [0.29, 0.717) is 5.92 Å². The summed E-state index contributed by atoms with van der Waals surface area (Å²) in [5.74, 6) is -0.370. The van der Waals surface area contributed by atoms with Gasteiger partial charge in [-0.15, -0.1) is 0 Å². The number of piperidine rings is 1. The third-order valence-corrected chi connectivity index (χ3v) is 4.69. The highest BCUT2D eigenvalue weighted by Crippen LogP contribution is 2.29. The van der Waals surface area contributed by atoms with Crippen molar-refractivity contribution in [1.29, 1.82) is 0 Å². The summed E-state index contributed by atoms with van der Waals surface area (Å²) in [4.78, 5) is 19.2. The molecule has 1 aliphatic rings. The summed E-state index contributed by atoms with van der Waals surface area (Å²) >= 11 is 0. The molecule has 0 bridgehead atoms. The Labute approximate surface area is 169 Å². The van der Waals surface area contributed by atoms with Crippen LogP contribution in [0, 0.1) is 0 Å². The molecule has 1 saturated heterocycles. The van der Waals surface area contributed by atoms with Gasteiger partial charge in [0.2, 0.25) is 5.95 Å². The highest BCUT2D eigenvalue weighted by Gasteiger charge is 2.38. The number of aliphatic carboxylic acids is 1. The number of alkyl halides is 3. The SMILES string of the molecule is Cn1nnnc1N1CCC(c2ncc(-c3ccccc3)[nH]2)CC1.O=C(O)C(F)(F)F. The van der Waals surface area contributed by atoms with Crippen molar-refractivity contribution in [2.75, 3.05) is 18.0 Å². The molecule has 0 unspecified atom stereocenters. The van der Waals surface area contributed by atoms with E-state index in [0.717, 1.165) is 43.4 Å². The molecule has 1 fully saturated rings. The van der Waals surface area contributed by atoms with Gasteiger partial charge in [0.05, 0.1) is 11.9 Å². The smallest absolute Gasteiger partial charge is 0.475 e. The van der Waals surface area contributed by atoms with Crippen LogP contribution in [0.15, 0.2) is 36.5 Å². The van der Waals surface area contributed by atoms with Gasteiger partial charge in [0.1, 0.15) is 5.82 Å². The molecule has 1 aliphatic heterocycles. The third-order valence-electron chi connectivity index (χ3n) is 4.69. The Morgan fingerprint density at radius 1 is 1.20 bits per heavy atom. The van der Waals surface area contributed by atoms with Gasteiger partial charge in [-0.05, 0) is 28.8 Å². The number of aromatic nitrogens is 6. The van der Waals surface area contributed by atoms with E-state index in [9.17, 15) is 13.2 Å². The fourth-order valence-corrected chi connectivity index (χ4v) is 3.15. The average molecular weight is 423 g/mol. The Bertz CT molecular complexity index is 964. The lowest BCUT2D eigenvalue weighted by Crippen LogP contribution is -2.35. The number of carboxylic acid groups (broad SMARTS) is 1. The molecule has 0 aliphatic carbocycles. The lowest BCUT2D eigenvalue weighted by Gasteiger charge is -2.30. The summed E-state index contributed by atoms with van der Waals surface area (Å²) in [6, 6.07) is 10.3. The Morgan fingerprint density at radius 3 is 2.37 bits per heavy atom. The summed E-state index contributed by atoms with van der Waals surface area (Å²) in [5, 5.41) is 18.8. The number of aryl methyl sites for hydroxylation is 1. The van der Waals surface area contributed by atoms with Gasteiger partial charge in [-0.1, -0.05) is 35.4 Å². The molecular formula is C18H20F3N7O2. The molecule has 0 saturated carbocycles. The number of hydrogen-bond acceptors (Lipinski definition) is 6. The number of H-pyrrole nitrogens is 1. The fourth-order valence-electron chi connectivity index (χ4n) is 3.15. The number of carboxylic acids is 1. The first-order valence-electron chi connectivity index (χ1n) is 9.13. The van der Waals surface area contributed by atoms with E-state index in [1.807, 2.05) is 31.4 Å². The number of rotatable bonds is 3. The second-order valence-corrected chi connectivity index (χ2v) is 6.71. The van der Waals surface area contributed by atoms with Crippen molar-refractivity contribution in [1.82, 2.24) is 30.2 Å². The number of carbonyl (C=O) groups is 1. The van der Waals surface area contributed by atoms with Crippen LogP contribution in [0.4, 0.5) is 19.1 Å². The Morgan fingerprint density at radius 2 is 1.83 bits per heavy atom. The van der Waals surface area contributed by atoms with Crippen LogP contribution in [0.25, 0.3) is 11.3 Å². The topological polar surface area (TPSA) is 113 Å². The van der Waals surface area contributed by atoms with Crippen LogP contribution in [0.3, 0.4) is 0 Å². The van der Waals surface area contributed by atoms with E-state index in [2.05, 4.69) is 42.5 Å². The van der Waals surface area contributed by atoms with E-state index in [1.54, 1.807) is 4.68 Å². The van der Waals surface area contributed by atoms with Crippen LogP contribution >= 0.6 is 0 Å². The molecule has 0 radical (unpaired) electrons. The number of tetrazole rings is 1. The summed E-state index contributed by atoms with van der Waals surface area (Å²) in [7, 11) is 1.88. The van der Waals surface area contributed by atoms with Gasteiger partial charge in [0, 0.05) is 26.1 Å². The van der Waals surface area contributed by atoms with Crippen molar-refractivity contribution in [3.8, 4) is 11.3 Å². The number of aromatic amines is 1. The number of nitrogens with zero attached hydrogens (tertiary/aromatic N) is 6. The van der Waals surface area contributed by atoms with Crippen molar-refractivity contribution in [2.45, 2.75) is 24.9 Å². The first kappa shape index (κ1) is 21.3. The zero-order chi connectivity index (χ0) is 21.7. The summed E-state index contributed by atoms with van der Waals surface area (Å²) in [6.45, 7) is 1.89. The fraction of sp³-hybridized carbons (Fsp3) is 0.389. The number of nitrogens with one attached hydrogen (secondary N) is 1. The van der Waals surface area contributed by atoms with Gasteiger partial charge >= 0.3 is 12.1 Å². The van der Waals surface area contributed by atoms with Crippen LogP contribution in [0.5, 0.6) is 0 Å². The van der Waals surface area contributed by atoms with Crippen LogP contribution in [0.1, 0.15) is 24.6 Å². The molecule has 30 heavy (non-hydrogen) atoms. The molecule has 0 atom stereocenters. The minimum atomic E-state index is -5.08. The normalized spacial score (nSPS) is 14.9. The molecule has 12 heteroatoms. The molecule has 3 aromatic rings. The zero-order valence-corrected chi connectivity index (χ0v) is 16.0. The zero-order valence-electron chi connectivity index (χ0n) is 16.0. The highest BCUT2D eigenvalue weighted by molar-refractivity contribution is 5.73. The van der Waals surface area contributed by atoms with Crippen LogP contribution in [-0.4, -0.2) is 60.5 Å². The van der Waals surface area contributed by atoms with E-state index >= 15 is 0 Å². The number of halogens is 3. The van der Waals surface area contributed by atoms with Gasteiger partial charge in [0.15, 0.2) is 0 Å². The molecule has 1 aromatic carbocycles. The third kappa shape index (κ3) is 5.13. The van der Waals surface area contributed by atoms with Crippen molar-refractivity contribution in [2.24, 2.45) is 7.05 Å². The quantitative estimate of drug-likeness (QED) is 0.666. The standard InChI is InChI=1S/C16H19N7.C2HF3O2/c1-22-16(19-20-21-22)23-9-7-13(8-10-23)15-17-11-14(18-15)12-5-3-2-4-6-12;3-2(4,5)1(6)7/h2-6,11,13H,7-10H2,1H3,(H,17,18);(H,6,7). The maximum Gasteiger partial charge on any atom is 0.490 e. The van der Waals surface area contributed by atoms with Crippen LogP contribution in [0.2, 0.25) is 0 Å². The summed E-state index contributed by atoms with van der Waals surface area (Å²) in [6.07, 6.45) is -1.05. The largest absolute Gasteiger partial charge is 0.490 e. The molecule has 9 nitrogen and oxygen atoms in total. The molecule has 3 heterocycles. The second-order valence-electron chi connectivity index (χ2n) is 6.71. The molecular weight excluding hydrogens is 403 g/mol. The Hall–Kier alpha value is -3.44. The van der Waals surface area contributed by atoms with Crippen molar-refractivity contribution in [3.63, 3.8) is 0 Å². The van der Waals surface area contributed by atoms with Gasteiger partial charge in [-0.2, -0.15) is 13.2 Å². The summed E-state index contributed by atoms with van der Waals surface area (Å²) < 4.78 is 33.5. The average Bonchev–Trinajstić information content (AvgIpc) is 3.38. The first-order chi connectivity index (χ1) is 14.3. The minimum absolute atomic E-state index is 0.463. The minimum Gasteiger partial charge on any atom is -0.475 e. The van der Waals surface area contributed by atoms with Gasteiger partial charge < -0.3 is 15.0 Å². The van der Waals surface area contributed by atoms with Gasteiger partial charge in [-0.25, -0.2) is 14.5 Å².